The topological polar surface area (TPSA) is 68.8 Å². The number of hydrogen-bond donors (Lipinski definition) is 2. The number of carbonyl (C=O) groups is 1. The van der Waals surface area contributed by atoms with Crippen LogP contribution in [0.4, 0.5) is 0 Å². The van der Waals surface area contributed by atoms with Crippen LogP contribution in [0.3, 0.4) is 0 Å². The van der Waals surface area contributed by atoms with Crippen LogP contribution in [0.2, 0.25) is 0 Å². The first-order valence-corrected chi connectivity index (χ1v) is 6.99. The van der Waals surface area contributed by atoms with Crippen LogP contribution in [0.1, 0.15) is 12.5 Å². The first-order valence-electron chi connectivity index (χ1n) is 6.99. The molecule has 6 heteroatoms. The van der Waals surface area contributed by atoms with Gasteiger partial charge in [0, 0.05) is 18.7 Å². The van der Waals surface area contributed by atoms with Crippen LogP contribution in [0.5, 0.6) is 11.5 Å². The summed E-state index contributed by atoms with van der Waals surface area (Å²) in [6, 6.07) is 5.18. The minimum Gasteiger partial charge on any atom is -0.497 e. The molecule has 0 saturated carbocycles. The molecule has 0 aliphatic carbocycles. The highest BCUT2D eigenvalue weighted by molar-refractivity contribution is 5.82. The number of amides is 1. The highest BCUT2D eigenvalue weighted by Crippen LogP contribution is 2.23. The molecule has 1 aliphatic rings. The first-order chi connectivity index (χ1) is 10.2. The van der Waals surface area contributed by atoms with Crippen molar-refractivity contribution in [2.45, 2.75) is 25.6 Å². The second kappa shape index (κ2) is 7.28. The number of hydrogen-bond acceptors (Lipinski definition) is 5. The van der Waals surface area contributed by atoms with Crippen LogP contribution in [-0.4, -0.2) is 45.4 Å². The minimum atomic E-state index is -0.324. The van der Waals surface area contributed by atoms with E-state index in [0.29, 0.717) is 19.7 Å². The molecule has 1 heterocycles. The molecule has 2 atom stereocenters. The molecule has 0 aromatic heterocycles. The molecule has 1 aliphatic heterocycles. The number of rotatable bonds is 5. The first kappa shape index (κ1) is 15.6. The van der Waals surface area contributed by atoms with Crippen molar-refractivity contribution < 1.29 is 19.0 Å². The maximum atomic E-state index is 12.2. The minimum absolute atomic E-state index is 0.0768. The standard InChI is InChI=1S/C15H22N2O4/c1-10-14(16-6-7-21-10)15(18)17-9-11-8-12(19-2)4-5-13(11)20-3/h4-5,8,10,14,16H,6-7,9H2,1-3H3,(H,17,18)/t10-,14+/m1/s1. The summed E-state index contributed by atoms with van der Waals surface area (Å²) in [5.41, 5.74) is 0.870. The van der Waals surface area contributed by atoms with Crippen LogP contribution < -0.4 is 20.1 Å². The lowest BCUT2D eigenvalue weighted by atomic mass is 10.1. The van der Waals surface area contributed by atoms with Crippen molar-refractivity contribution in [1.82, 2.24) is 10.6 Å². The molecule has 6 nitrogen and oxygen atoms in total. The molecular formula is C15H22N2O4. The highest BCUT2D eigenvalue weighted by Gasteiger charge is 2.28. The average Bonchev–Trinajstić information content (AvgIpc) is 2.52. The lowest BCUT2D eigenvalue weighted by Gasteiger charge is -2.29. The number of methoxy groups -OCH3 is 2. The van der Waals surface area contributed by atoms with Crippen molar-refractivity contribution in [2.75, 3.05) is 27.4 Å². The summed E-state index contributed by atoms with van der Waals surface area (Å²) in [6.07, 6.45) is -0.133. The molecule has 0 unspecified atom stereocenters. The molecule has 2 N–H and O–H groups in total. The molecule has 1 aromatic carbocycles. The van der Waals surface area contributed by atoms with Crippen molar-refractivity contribution in [3.63, 3.8) is 0 Å². The van der Waals surface area contributed by atoms with Gasteiger partial charge in [-0.3, -0.25) is 4.79 Å². The Kier molecular flexibility index (Phi) is 5.41. The molecule has 2 rings (SSSR count). The average molecular weight is 294 g/mol. The van der Waals surface area contributed by atoms with Crippen molar-refractivity contribution in [2.24, 2.45) is 0 Å². The fraction of sp³-hybridized carbons (Fsp3) is 0.533. The van der Waals surface area contributed by atoms with E-state index in [1.54, 1.807) is 14.2 Å². The third-order valence-corrected chi connectivity index (χ3v) is 3.54. The van der Waals surface area contributed by atoms with Gasteiger partial charge in [-0.1, -0.05) is 0 Å². The molecule has 1 aromatic rings. The zero-order chi connectivity index (χ0) is 15.2. The summed E-state index contributed by atoms with van der Waals surface area (Å²) in [4.78, 5) is 12.2. The van der Waals surface area contributed by atoms with Gasteiger partial charge < -0.3 is 24.8 Å². The van der Waals surface area contributed by atoms with Crippen LogP contribution in [0, 0.1) is 0 Å². The fourth-order valence-corrected chi connectivity index (χ4v) is 2.34. The lowest BCUT2D eigenvalue weighted by Crippen LogP contribution is -2.55. The monoisotopic (exact) mass is 294 g/mol. The third-order valence-electron chi connectivity index (χ3n) is 3.54. The van der Waals surface area contributed by atoms with Gasteiger partial charge in [0.25, 0.3) is 0 Å². The predicted octanol–water partition coefficient (Wildman–Crippen LogP) is 0.697. The van der Waals surface area contributed by atoms with Crippen molar-refractivity contribution in [3.8, 4) is 11.5 Å². The molecule has 1 saturated heterocycles. The van der Waals surface area contributed by atoms with Gasteiger partial charge in [0.15, 0.2) is 0 Å². The number of morpholine rings is 1. The van der Waals surface area contributed by atoms with Crippen molar-refractivity contribution >= 4 is 5.91 Å². The lowest BCUT2D eigenvalue weighted by molar-refractivity contribution is -0.129. The smallest absolute Gasteiger partial charge is 0.240 e. The predicted molar refractivity (Wildman–Crippen MR) is 78.6 cm³/mol. The SMILES string of the molecule is COc1ccc(OC)c(CNC(=O)[C@H]2NCCO[C@@H]2C)c1. The van der Waals surface area contributed by atoms with Gasteiger partial charge >= 0.3 is 0 Å². The third kappa shape index (κ3) is 3.86. The Labute approximate surface area is 124 Å². The largest absolute Gasteiger partial charge is 0.497 e. The number of nitrogens with one attached hydrogen (secondary N) is 2. The quantitative estimate of drug-likeness (QED) is 0.836. The Morgan fingerprint density at radius 2 is 2.24 bits per heavy atom. The molecule has 0 spiro atoms. The summed E-state index contributed by atoms with van der Waals surface area (Å²) in [5.74, 6) is 1.37. The molecule has 21 heavy (non-hydrogen) atoms. The van der Waals surface area contributed by atoms with E-state index in [1.807, 2.05) is 25.1 Å². The van der Waals surface area contributed by atoms with Gasteiger partial charge in [0.2, 0.25) is 5.91 Å². The van der Waals surface area contributed by atoms with Gasteiger partial charge in [0.05, 0.1) is 26.9 Å². The summed E-state index contributed by atoms with van der Waals surface area (Å²) in [6.45, 7) is 3.59. The summed E-state index contributed by atoms with van der Waals surface area (Å²) in [7, 11) is 3.21. The van der Waals surface area contributed by atoms with Gasteiger partial charge in [-0.15, -0.1) is 0 Å². The van der Waals surface area contributed by atoms with Crippen molar-refractivity contribution in [1.29, 1.82) is 0 Å². The van der Waals surface area contributed by atoms with E-state index in [9.17, 15) is 4.79 Å². The summed E-state index contributed by atoms with van der Waals surface area (Å²) < 4.78 is 16.0. The second-order valence-corrected chi connectivity index (χ2v) is 4.90. The van der Waals surface area contributed by atoms with Gasteiger partial charge in [0.1, 0.15) is 17.5 Å². The zero-order valence-corrected chi connectivity index (χ0v) is 12.6. The fourth-order valence-electron chi connectivity index (χ4n) is 2.34. The Bertz CT molecular complexity index is 493. The van der Waals surface area contributed by atoms with E-state index in [4.69, 9.17) is 14.2 Å². The second-order valence-electron chi connectivity index (χ2n) is 4.90. The summed E-state index contributed by atoms with van der Waals surface area (Å²) >= 11 is 0. The summed E-state index contributed by atoms with van der Waals surface area (Å²) in [5, 5.41) is 6.07. The van der Waals surface area contributed by atoms with Gasteiger partial charge in [-0.25, -0.2) is 0 Å². The number of benzene rings is 1. The molecule has 116 valence electrons. The number of ether oxygens (including phenoxy) is 3. The van der Waals surface area contributed by atoms with Crippen molar-refractivity contribution in [3.05, 3.63) is 23.8 Å². The Hall–Kier alpha value is -1.79. The Morgan fingerprint density at radius 3 is 2.90 bits per heavy atom. The Balaban J connectivity index is 2.00. The van der Waals surface area contributed by atoms with Crippen LogP contribution in [0.15, 0.2) is 18.2 Å². The Morgan fingerprint density at radius 1 is 1.43 bits per heavy atom. The van der Waals surface area contributed by atoms with E-state index in [1.165, 1.54) is 0 Å². The van der Waals surface area contributed by atoms with E-state index >= 15 is 0 Å². The van der Waals surface area contributed by atoms with Gasteiger partial charge in [-0.2, -0.15) is 0 Å². The van der Waals surface area contributed by atoms with E-state index in [2.05, 4.69) is 10.6 Å². The normalized spacial score (nSPS) is 21.7. The van der Waals surface area contributed by atoms with E-state index < -0.39 is 0 Å². The molecule has 0 radical (unpaired) electrons. The zero-order valence-electron chi connectivity index (χ0n) is 12.6. The highest BCUT2D eigenvalue weighted by atomic mass is 16.5. The molecule has 1 amide bonds. The van der Waals surface area contributed by atoms with Crippen LogP contribution in [-0.2, 0) is 16.1 Å². The van der Waals surface area contributed by atoms with Crippen LogP contribution in [0.25, 0.3) is 0 Å². The maximum absolute atomic E-state index is 12.2. The van der Waals surface area contributed by atoms with Crippen LogP contribution >= 0.6 is 0 Å². The maximum Gasteiger partial charge on any atom is 0.240 e. The molecule has 1 fully saturated rings. The van der Waals surface area contributed by atoms with E-state index in [-0.39, 0.29) is 18.1 Å². The van der Waals surface area contributed by atoms with Gasteiger partial charge in [-0.05, 0) is 25.1 Å². The molecule has 0 bridgehead atoms. The number of carbonyl (C=O) groups excluding carboxylic acids is 1. The van der Waals surface area contributed by atoms with E-state index in [0.717, 1.165) is 17.1 Å². The molecular weight excluding hydrogens is 272 g/mol.